The Hall–Kier alpha value is -4.74. The van der Waals surface area contributed by atoms with Gasteiger partial charge in [0.15, 0.2) is 5.78 Å². The van der Waals surface area contributed by atoms with Crippen LogP contribution in [0.1, 0.15) is 57.4 Å². The molecule has 0 aliphatic rings. The van der Waals surface area contributed by atoms with Crippen LogP contribution in [0, 0.1) is 5.92 Å². The van der Waals surface area contributed by atoms with Gasteiger partial charge in [-0.1, -0.05) is 36.8 Å². The molecule has 4 amide bonds. The number of aliphatic hydroxyl groups is 4. The number of nitrogens with one attached hydrogen (secondary N) is 5. The topological polar surface area (TPSA) is 376 Å². The summed E-state index contributed by atoms with van der Waals surface area (Å²) in [4.78, 5) is 98.9. The van der Waals surface area contributed by atoms with Gasteiger partial charge in [0.25, 0.3) is 0 Å². The third kappa shape index (κ3) is 19.6. The number of Topliss-reactive ketones (excluding diaryl/α,β-unsaturated/α-hetero) is 3. The van der Waals surface area contributed by atoms with Crippen LogP contribution in [-0.2, 0) is 44.8 Å². The Labute approximate surface area is 336 Å². The van der Waals surface area contributed by atoms with Gasteiger partial charge in [-0.2, -0.15) is 0 Å². The molecule has 6 unspecified atom stereocenters. The second-order valence-corrected chi connectivity index (χ2v) is 13.9. The van der Waals surface area contributed by atoms with E-state index in [2.05, 4.69) is 26.6 Å². The molecule has 58 heavy (non-hydrogen) atoms. The molecule has 21 heteroatoms. The van der Waals surface area contributed by atoms with Crippen LogP contribution in [0.3, 0.4) is 0 Å². The highest BCUT2D eigenvalue weighted by molar-refractivity contribution is 6.41. The Morgan fingerprint density at radius 3 is 1.98 bits per heavy atom. The van der Waals surface area contributed by atoms with E-state index in [1.165, 1.54) is 6.92 Å². The number of unbranched alkanes of at least 4 members (excludes halogenated alkanes) is 2. The number of hydrogen-bond donors (Lipinski definition) is 13. The molecule has 0 aromatic heterocycles. The maximum Gasteiger partial charge on any atom is 0.307 e. The van der Waals surface area contributed by atoms with Crippen molar-refractivity contribution in [2.24, 2.45) is 23.1 Å². The first-order chi connectivity index (χ1) is 27.4. The van der Waals surface area contributed by atoms with E-state index in [1.807, 2.05) is 30.3 Å². The molecule has 0 aliphatic carbocycles. The standard InChI is InChI=1S/C37H60N8O13/c1-21(49)32(43-17-24(15-30(39)51)44-28(20-48)35(40)55)34(54)33(53)27(19-47)42-16-23(37(57)58)11-12-31(52)41-13-7-3-6-10-29(50)26(45-36(56)25(38)18-46)14-22-8-4-2-5-9-22/h2,4-5,8-9,21,23-28,32,42-44,46-49H,3,6-7,10-20,38H2,1H3,(H2,39,51)(H2,40,55)(H,41,52)(H,45,56)(H,57,58)/t21?,23?,24?,25?,26?,27-,28-,32?/m0/s1. The Bertz CT molecular complexity index is 1500. The van der Waals surface area contributed by atoms with Crippen molar-refractivity contribution in [3.8, 4) is 0 Å². The van der Waals surface area contributed by atoms with Crippen molar-refractivity contribution >= 4 is 46.9 Å². The fourth-order valence-corrected chi connectivity index (χ4v) is 5.71. The van der Waals surface area contributed by atoms with Gasteiger partial charge in [0, 0.05) is 44.9 Å². The monoisotopic (exact) mass is 824 g/mol. The zero-order valence-electron chi connectivity index (χ0n) is 32.6. The minimum atomic E-state index is -1.57. The SMILES string of the molecule is CC(O)C(NCC(CC(N)=O)N[C@@H](CO)C(N)=O)C(=O)C(=O)[C@H](CO)NCC(CCC(=O)NCCCCCC(=O)C(Cc1ccccc1)NC(=O)C(N)CO)C(=O)O. The lowest BCUT2D eigenvalue weighted by molar-refractivity contribution is -0.143. The largest absolute Gasteiger partial charge is 0.481 e. The van der Waals surface area contributed by atoms with Crippen molar-refractivity contribution in [1.82, 2.24) is 26.6 Å². The summed E-state index contributed by atoms with van der Waals surface area (Å²) in [6, 6.07) is 1.69. The van der Waals surface area contributed by atoms with Crippen molar-refractivity contribution in [1.29, 1.82) is 0 Å². The minimum Gasteiger partial charge on any atom is -0.481 e. The number of carboxylic acid groups (broad SMARTS) is 1. The Kier molecular flexibility index (Phi) is 24.6. The molecule has 1 rings (SSSR count). The maximum atomic E-state index is 13.1. The van der Waals surface area contributed by atoms with E-state index in [9.17, 15) is 63.9 Å². The van der Waals surface area contributed by atoms with E-state index < -0.39 is 116 Å². The van der Waals surface area contributed by atoms with Gasteiger partial charge in [-0.15, -0.1) is 0 Å². The van der Waals surface area contributed by atoms with E-state index in [-0.39, 0.29) is 51.0 Å². The van der Waals surface area contributed by atoms with Crippen molar-refractivity contribution in [3.63, 3.8) is 0 Å². The summed E-state index contributed by atoms with van der Waals surface area (Å²) in [5.41, 5.74) is 16.9. The molecular weight excluding hydrogens is 764 g/mol. The van der Waals surface area contributed by atoms with Gasteiger partial charge in [-0.3, -0.25) is 43.7 Å². The smallest absolute Gasteiger partial charge is 0.307 e. The normalized spacial score (nSPS) is 15.4. The fourth-order valence-electron chi connectivity index (χ4n) is 5.71. The van der Waals surface area contributed by atoms with Crippen molar-refractivity contribution in [3.05, 3.63) is 35.9 Å². The van der Waals surface area contributed by atoms with Crippen LogP contribution in [0.2, 0.25) is 0 Å². The molecule has 0 fully saturated rings. The summed E-state index contributed by atoms with van der Waals surface area (Å²) < 4.78 is 0. The number of aliphatic carboxylic acids is 1. The van der Waals surface area contributed by atoms with Crippen molar-refractivity contribution in [2.45, 2.75) is 101 Å². The Morgan fingerprint density at radius 2 is 1.43 bits per heavy atom. The molecule has 0 radical (unpaired) electrons. The molecule has 0 aliphatic heterocycles. The van der Waals surface area contributed by atoms with Crippen molar-refractivity contribution in [2.75, 3.05) is 39.5 Å². The molecule has 1 aromatic rings. The quantitative estimate of drug-likeness (QED) is 0.0233. The van der Waals surface area contributed by atoms with Crippen LogP contribution >= 0.6 is 0 Å². The number of carbonyl (C=O) groups excluding carboxylic acids is 7. The van der Waals surface area contributed by atoms with Crippen LogP contribution in [0.4, 0.5) is 0 Å². The molecule has 8 atom stereocenters. The van der Waals surface area contributed by atoms with Crippen LogP contribution in [0.5, 0.6) is 0 Å². The fraction of sp³-hybridized carbons (Fsp3) is 0.622. The van der Waals surface area contributed by atoms with E-state index in [0.717, 1.165) is 5.56 Å². The third-order valence-electron chi connectivity index (χ3n) is 9.12. The van der Waals surface area contributed by atoms with Gasteiger partial charge >= 0.3 is 5.97 Å². The lowest BCUT2D eigenvalue weighted by Gasteiger charge is -2.27. The molecule has 16 N–H and O–H groups in total. The molecule has 0 heterocycles. The van der Waals surface area contributed by atoms with Crippen LogP contribution in [0.25, 0.3) is 0 Å². The first-order valence-corrected chi connectivity index (χ1v) is 19.0. The average Bonchev–Trinajstić information content (AvgIpc) is 3.18. The zero-order chi connectivity index (χ0) is 43.8. The van der Waals surface area contributed by atoms with Crippen LogP contribution in [0.15, 0.2) is 30.3 Å². The number of aliphatic hydroxyl groups excluding tert-OH is 4. The first-order valence-electron chi connectivity index (χ1n) is 19.0. The number of amides is 4. The molecular formula is C37H60N8O13. The summed E-state index contributed by atoms with van der Waals surface area (Å²) in [6.45, 7) is -1.49. The summed E-state index contributed by atoms with van der Waals surface area (Å²) in [5.74, 6) is -7.97. The van der Waals surface area contributed by atoms with Gasteiger partial charge < -0.3 is 64.0 Å². The molecule has 0 spiro atoms. The van der Waals surface area contributed by atoms with Gasteiger partial charge in [0.2, 0.25) is 35.2 Å². The number of nitrogens with two attached hydrogens (primary N) is 3. The van der Waals surface area contributed by atoms with E-state index in [0.29, 0.717) is 19.3 Å². The third-order valence-corrected chi connectivity index (χ3v) is 9.12. The highest BCUT2D eigenvalue weighted by Crippen LogP contribution is 2.11. The molecule has 0 saturated heterocycles. The average molecular weight is 825 g/mol. The molecule has 21 nitrogen and oxygen atoms in total. The van der Waals surface area contributed by atoms with Crippen LogP contribution in [-0.4, -0.2) is 154 Å². The second kappa shape index (κ2) is 27.8. The summed E-state index contributed by atoms with van der Waals surface area (Å²) >= 11 is 0. The van der Waals surface area contributed by atoms with Crippen LogP contribution < -0.4 is 43.8 Å². The summed E-state index contributed by atoms with van der Waals surface area (Å²) in [7, 11) is 0. The molecule has 0 saturated carbocycles. The summed E-state index contributed by atoms with van der Waals surface area (Å²) in [5, 5.41) is 61.5. The van der Waals surface area contributed by atoms with Crippen molar-refractivity contribution < 1.29 is 63.9 Å². The highest BCUT2D eigenvalue weighted by atomic mass is 16.4. The highest BCUT2D eigenvalue weighted by Gasteiger charge is 2.35. The predicted octanol–water partition coefficient (Wildman–Crippen LogP) is -5.13. The van der Waals surface area contributed by atoms with Gasteiger partial charge in [-0.05, 0) is 38.2 Å². The van der Waals surface area contributed by atoms with Gasteiger partial charge in [0.05, 0.1) is 43.9 Å². The second-order valence-electron chi connectivity index (χ2n) is 13.9. The number of rotatable bonds is 33. The Morgan fingerprint density at radius 1 is 0.776 bits per heavy atom. The number of benzene rings is 1. The van der Waals surface area contributed by atoms with E-state index in [4.69, 9.17) is 17.2 Å². The number of carbonyl (C=O) groups is 8. The van der Waals surface area contributed by atoms with E-state index in [1.54, 1.807) is 0 Å². The van der Waals surface area contributed by atoms with Gasteiger partial charge in [0.1, 0.15) is 18.1 Å². The number of primary amides is 2. The molecule has 326 valence electrons. The number of ketones is 3. The lowest BCUT2D eigenvalue weighted by Crippen LogP contribution is -2.58. The Balaban J connectivity index is 2.63. The predicted molar refractivity (Wildman–Crippen MR) is 207 cm³/mol. The maximum absolute atomic E-state index is 13.1. The zero-order valence-corrected chi connectivity index (χ0v) is 32.6. The first kappa shape index (κ1) is 51.3. The molecule has 1 aromatic carbocycles. The summed E-state index contributed by atoms with van der Waals surface area (Å²) in [6.07, 6.45) is -0.308. The van der Waals surface area contributed by atoms with E-state index >= 15 is 0 Å². The number of carboxylic acids is 1. The molecule has 0 bridgehead atoms. The van der Waals surface area contributed by atoms with Gasteiger partial charge in [-0.25, -0.2) is 0 Å². The number of hydrogen-bond acceptors (Lipinski definition) is 16. The lowest BCUT2D eigenvalue weighted by atomic mass is 9.97. The minimum absolute atomic E-state index is 0.144.